The molecule has 0 bridgehead atoms. The normalized spacial score (nSPS) is 11.8. The Labute approximate surface area is 166 Å². The van der Waals surface area contributed by atoms with Crippen molar-refractivity contribution in [1.82, 2.24) is 4.57 Å². The van der Waals surface area contributed by atoms with Crippen molar-refractivity contribution < 1.29 is 14.3 Å². The minimum atomic E-state index is -0.312. The topological polar surface area (TPSA) is 52.8 Å². The lowest BCUT2D eigenvalue weighted by Crippen LogP contribution is -2.18. The summed E-state index contributed by atoms with van der Waals surface area (Å²) in [6.45, 7) is 2.87. The quantitative estimate of drug-likeness (QED) is 0.622. The van der Waals surface area contributed by atoms with E-state index in [1.165, 1.54) is 16.9 Å². The number of rotatable bonds is 6. The fourth-order valence-corrected chi connectivity index (χ4v) is 4.26. The molecule has 0 aliphatic rings. The molecule has 0 fully saturated rings. The Bertz CT molecular complexity index is 1020. The van der Waals surface area contributed by atoms with Gasteiger partial charge >= 0.3 is 0 Å². The first-order valence-corrected chi connectivity index (χ1v) is 10.7. The molecular formula is C20H22N2O3S2. The van der Waals surface area contributed by atoms with Gasteiger partial charge in [-0.25, -0.2) is 0 Å². The molecule has 27 heavy (non-hydrogen) atoms. The monoisotopic (exact) mass is 402 g/mol. The van der Waals surface area contributed by atoms with Crippen molar-refractivity contribution in [3.8, 4) is 11.5 Å². The number of hydrogen-bond acceptors (Lipinski definition) is 5. The predicted molar refractivity (Wildman–Crippen MR) is 112 cm³/mol. The van der Waals surface area contributed by atoms with Crippen molar-refractivity contribution in [2.24, 2.45) is 4.99 Å². The summed E-state index contributed by atoms with van der Waals surface area (Å²) in [4.78, 5) is 18.0. The van der Waals surface area contributed by atoms with Gasteiger partial charge in [-0.15, -0.1) is 0 Å². The lowest BCUT2D eigenvalue weighted by molar-refractivity contribution is 0.0997. The third-order valence-corrected chi connectivity index (χ3v) is 5.78. The van der Waals surface area contributed by atoms with Gasteiger partial charge in [0, 0.05) is 23.9 Å². The maximum Gasteiger partial charge on any atom is 0.279 e. The average Bonchev–Trinajstić information content (AvgIpc) is 3.01. The fraction of sp³-hybridized carbons (Fsp3) is 0.300. The number of methoxy groups -OCH3 is 2. The molecule has 0 spiro atoms. The molecule has 0 aliphatic heterocycles. The molecule has 0 saturated heterocycles. The number of carbonyl (C=O) groups excluding carboxylic acids is 1. The zero-order valence-corrected chi connectivity index (χ0v) is 17.4. The highest BCUT2D eigenvalue weighted by atomic mass is 32.2. The Hall–Kier alpha value is -2.25. The molecule has 2 aromatic carbocycles. The number of thioether (sulfide) groups is 1. The van der Waals surface area contributed by atoms with Crippen LogP contribution >= 0.6 is 23.1 Å². The van der Waals surface area contributed by atoms with Crippen LogP contribution in [0.2, 0.25) is 0 Å². The molecule has 7 heteroatoms. The van der Waals surface area contributed by atoms with Crippen molar-refractivity contribution in [2.75, 3.05) is 26.2 Å². The third-order valence-electron chi connectivity index (χ3n) is 4.15. The molecule has 1 heterocycles. The van der Waals surface area contributed by atoms with Gasteiger partial charge in [-0.3, -0.25) is 4.79 Å². The number of benzene rings is 2. The van der Waals surface area contributed by atoms with Crippen LogP contribution in [0.4, 0.5) is 0 Å². The number of ether oxygens (including phenoxy) is 2. The second-order valence-electron chi connectivity index (χ2n) is 6.02. The number of hydrogen-bond donors (Lipinski definition) is 0. The Morgan fingerprint density at radius 3 is 2.48 bits per heavy atom. The molecule has 0 radical (unpaired) electrons. The number of fused-ring (bicyclic) bond motifs is 1. The van der Waals surface area contributed by atoms with Crippen LogP contribution in [0.25, 0.3) is 10.2 Å². The van der Waals surface area contributed by atoms with Gasteiger partial charge in [0.25, 0.3) is 5.91 Å². The molecule has 0 unspecified atom stereocenters. The van der Waals surface area contributed by atoms with Crippen molar-refractivity contribution in [2.45, 2.75) is 13.5 Å². The minimum Gasteiger partial charge on any atom is -0.497 e. The van der Waals surface area contributed by atoms with Gasteiger partial charge in [-0.2, -0.15) is 16.8 Å². The maximum atomic E-state index is 12.8. The standard InChI is InChI=1S/C20H22N2O3S2/c1-13-5-6-17-18(9-13)27-20(22(17)7-8-26-4)21-19(23)14-10-15(24-2)12-16(11-14)25-3/h5-6,9-12H,7-8H2,1-4H3. The van der Waals surface area contributed by atoms with Crippen LogP contribution in [-0.2, 0) is 6.54 Å². The number of nitrogens with zero attached hydrogens (tertiary/aromatic N) is 2. The first kappa shape index (κ1) is 19.5. The number of amides is 1. The van der Waals surface area contributed by atoms with Gasteiger partial charge in [0.05, 0.1) is 24.4 Å². The largest absolute Gasteiger partial charge is 0.497 e. The maximum absolute atomic E-state index is 12.8. The van der Waals surface area contributed by atoms with Crippen molar-refractivity contribution in [3.05, 3.63) is 52.3 Å². The molecule has 3 rings (SSSR count). The highest BCUT2D eigenvalue weighted by Gasteiger charge is 2.12. The molecule has 1 amide bonds. The summed E-state index contributed by atoms with van der Waals surface area (Å²) < 4.78 is 13.8. The molecular weight excluding hydrogens is 380 g/mol. The second kappa shape index (κ2) is 8.63. The molecule has 0 aliphatic carbocycles. The summed E-state index contributed by atoms with van der Waals surface area (Å²) in [6.07, 6.45) is 2.07. The van der Waals surface area contributed by atoms with Gasteiger partial charge < -0.3 is 14.0 Å². The Kier molecular flexibility index (Phi) is 6.23. The molecule has 1 aromatic heterocycles. The molecule has 0 N–H and O–H groups in total. The molecule has 3 aromatic rings. The third kappa shape index (κ3) is 4.36. The van der Waals surface area contributed by atoms with Crippen LogP contribution in [0, 0.1) is 6.92 Å². The zero-order chi connectivity index (χ0) is 19.4. The van der Waals surface area contributed by atoms with E-state index in [9.17, 15) is 4.79 Å². The van der Waals surface area contributed by atoms with Gasteiger partial charge in [0.2, 0.25) is 0 Å². The number of aromatic nitrogens is 1. The molecule has 5 nitrogen and oxygen atoms in total. The van der Waals surface area contributed by atoms with Crippen LogP contribution in [0.15, 0.2) is 41.4 Å². The van der Waals surface area contributed by atoms with E-state index in [2.05, 4.69) is 40.9 Å². The zero-order valence-electron chi connectivity index (χ0n) is 15.8. The predicted octanol–water partition coefficient (Wildman–Crippen LogP) is 4.13. The Morgan fingerprint density at radius 1 is 1.15 bits per heavy atom. The van der Waals surface area contributed by atoms with E-state index in [0.29, 0.717) is 21.9 Å². The molecule has 0 atom stereocenters. The summed E-state index contributed by atoms with van der Waals surface area (Å²) in [5.74, 6) is 1.77. The first-order valence-electron chi connectivity index (χ1n) is 8.46. The van der Waals surface area contributed by atoms with E-state index in [0.717, 1.165) is 22.5 Å². The van der Waals surface area contributed by atoms with E-state index < -0.39 is 0 Å². The minimum absolute atomic E-state index is 0.312. The molecule has 142 valence electrons. The lowest BCUT2D eigenvalue weighted by Gasteiger charge is -2.06. The van der Waals surface area contributed by atoms with Crippen LogP contribution in [0.5, 0.6) is 11.5 Å². The van der Waals surface area contributed by atoms with Crippen molar-refractivity contribution in [1.29, 1.82) is 0 Å². The van der Waals surface area contributed by atoms with Crippen LogP contribution in [0.1, 0.15) is 15.9 Å². The Morgan fingerprint density at radius 2 is 1.85 bits per heavy atom. The summed E-state index contributed by atoms with van der Waals surface area (Å²) >= 11 is 3.30. The van der Waals surface area contributed by atoms with Crippen molar-refractivity contribution in [3.63, 3.8) is 0 Å². The molecule has 0 saturated carbocycles. The highest BCUT2D eigenvalue weighted by molar-refractivity contribution is 7.98. The smallest absolute Gasteiger partial charge is 0.279 e. The highest BCUT2D eigenvalue weighted by Crippen LogP contribution is 2.23. The van der Waals surface area contributed by atoms with E-state index in [4.69, 9.17) is 9.47 Å². The van der Waals surface area contributed by atoms with E-state index in [1.54, 1.807) is 44.2 Å². The summed E-state index contributed by atoms with van der Waals surface area (Å²) in [6, 6.07) is 11.4. The lowest BCUT2D eigenvalue weighted by atomic mass is 10.2. The summed E-state index contributed by atoms with van der Waals surface area (Å²) in [5.41, 5.74) is 2.74. The van der Waals surface area contributed by atoms with Crippen LogP contribution < -0.4 is 14.3 Å². The first-order chi connectivity index (χ1) is 13.0. The van der Waals surface area contributed by atoms with E-state index >= 15 is 0 Å². The second-order valence-corrected chi connectivity index (χ2v) is 8.01. The average molecular weight is 403 g/mol. The fourth-order valence-electron chi connectivity index (χ4n) is 2.75. The van der Waals surface area contributed by atoms with E-state index in [1.807, 2.05) is 0 Å². The van der Waals surface area contributed by atoms with Crippen LogP contribution in [0.3, 0.4) is 0 Å². The number of aryl methyl sites for hydroxylation is 2. The SMILES string of the molecule is COc1cc(OC)cc(C(=O)N=c2sc3cc(C)ccc3n2CCSC)c1. The van der Waals surface area contributed by atoms with Gasteiger partial charge in [0.15, 0.2) is 4.80 Å². The summed E-state index contributed by atoms with van der Waals surface area (Å²) in [7, 11) is 3.12. The summed E-state index contributed by atoms with van der Waals surface area (Å²) in [5, 5.41) is 0. The number of carbonyl (C=O) groups is 1. The van der Waals surface area contributed by atoms with Gasteiger partial charge in [-0.1, -0.05) is 17.4 Å². The number of thiazole rings is 1. The van der Waals surface area contributed by atoms with Gasteiger partial charge in [-0.05, 0) is 43.0 Å². The van der Waals surface area contributed by atoms with Crippen LogP contribution in [-0.4, -0.2) is 36.7 Å². The Balaban J connectivity index is 2.10. The van der Waals surface area contributed by atoms with Crippen molar-refractivity contribution >= 4 is 39.2 Å². The van der Waals surface area contributed by atoms with Gasteiger partial charge in [0.1, 0.15) is 11.5 Å². The van der Waals surface area contributed by atoms with E-state index in [-0.39, 0.29) is 5.91 Å².